The molecular weight excluding hydrogens is 941 g/mol. The Kier molecular flexibility index (Phi) is 16.7. The highest BCUT2D eigenvalue weighted by Crippen LogP contribution is 2.27. The van der Waals surface area contributed by atoms with E-state index in [1.807, 2.05) is 60.7 Å². The van der Waals surface area contributed by atoms with Gasteiger partial charge in [-0.2, -0.15) is 0 Å². The number of quaternary nitrogens is 1. The maximum Gasteiger partial charge on any atom is 0.332 e. The van der Waals surface area contributed by atoms with E-state index in [1.54, 1.807) is 12.3 Å². The van der Waals surface area contributed by atoms with Gasteiger partial charge in [0, 0.05) is 60.6 Å². The molecule has 0 radical (unpaired) electrons. The number of nitrogens with zero attached hydrogens (tertiary/aromatic N) is 4. The maximum atomic E-state index is 14.8. The van der Waals surface area contributed by atoms with Crippen LogP contribution in [0.25, 0.3) is 21.7 Å². The van der Waals surface area contributed by atoms with Crippen LogP contribution in [0.4, 0.5) is 4.79 Å². The number of imidazole rings is 1. The number of carbonyl (C=O) groups is 8. The zero-order valence-electron chi connectivity index (χ0n) is 38.1. The van der Waals surface area contributed by atoms with Gasteiger partial charge < -0.3 is 52.9 Å². The van der Waals surface area contributed by atoms with E-state index in [2.05, 4.69) is 52.3 Å². The molecule has 14 N–H and O–H groups in total. The van der Waals surface area contributed by atoms with Crippen molar-refractivity contribution >= 4 is 96.6 Å². The zero-order chi connectivity index (χ0) is 49.9. The molecule has 9 amide bonds. The molecule has 4 heterocycles. The van der Waals surface area contributed by atoms with Crippen LogP contribution in [-0.2, 0) is 52.8 Å². The zero-order valence-corrected chi connectivity index (χ0v) is 39.8. The lowest BCUT2D eigenvalue weighted by molar-refractivity contribution is -0.307. The SMILES string of the molecule is CC1C(=O)NC(Cc2cnc[nH]2)C(=O)NC(Cc2ccc3ccccc3c2)C(=O)NC(CCCN=C(N)N)C(=O)NC(Cc2c[nH]c3ccccc23)C(=O)NC(C([NH3+])=O)CSSCN2CC(=O)N1C2=O. The first kappa shape index (κ1) is 50.4. The minimum atomic E-state index is -1.37. The molecule has 0 spiro atoms. The predicted molar refractivity (Wildman–Crippen MR) is 263 cm³/mol. The van der Waals surface area contributed by atoms with Crippen molar-refractivity contribution in [2.45, 2.75) is 75.3 Å². The lowest BCUT2D eigenvalue weighted by atomic mass is 9.99. The van der Waals surface area contributed by atoms with Crippen LogP contribution >= 0.6 is 21.6 Å². The number of aromatic amines is 2. The number of nitrogens with two attached hydrogens (primary N) is 2. The van der Waals surface area contributed by atoms with Crippen LogP contribution in [0, 0.1) is 0 Å². The summed E-state index contributed by atoms with van der Waals surface area (Å²) in [5, 5.41) is 16.4. The molecule has 2 aliphatic rings. The molecule has 2 aliphatic heterocycles. The molecule has 7 rings (SSSR count). The van der Waals surface area contributed by atoms with Crippen LogP contribution in [0.1, 0.15) is 36.6 Å². The van der Waals surface area contributed by atoms with Crippen molar-refractivity contribution in [3.8, 4) is 0 Å². The number of amides is 9. The number of fused-ring (bicyclic) bond motifs is 4. The molecule has 24 heteroatoms. The smallest absolute Gasteiger partial charge is 0.332 e. The summed E-state index contributed by atoms with van der Waals surface area (Å²) in [5.41, 5.74) is 17.3. The third-order valence-electron chi connectivity index (χ3n) is 11.9. The molecule has 5 aromatic rings. The predicted octanol–water partition coefficient (Wildman–Crippen LogP) is -0.677. The second kappa shape index (κ2) is 23.2. The molecule has 2 fully saturated rings. The normalized spacial score (nSPS) is 22.5. The number of imide groups is 1. The first-order chi connectivity index (χ1) is 33.6. The van der Waals surface area contributed by atoms with E-state index in [0.717, 1.165) is 48.2 Å². The first-order valence-corrected chi connectivity index (χ1v) is 24.9. The quantitative estimate of drug-likeness (QED) is 0.0258. The molecular formula is C46H55N14O8S2+. The summed E-state index contributed by atoms with van der Waals surface area (Å²) in [6.07, 6.45) is 4.47. The number of rotatable bonds is 11. The van der Waals surface area contributed by atoms with Crippen molar-refractivity contribution in [3.63, 3.8) is 0 Å². The van der Waals surface area contributed by atoms with Crippen LogP contribution < -0.4 is 43.8 Å². The largest absolute Gasteiger partial charge is 0.370 e. The Morgan fingerprint density at radius 2 is 1.43 bits per heavy atom. The van der Waals surface area contributed by atoms with Gasteiger partial charge in [0.25, 0.3) is 5.91 Å². The number of guanidine groups is 1. The fourth-order valence-electron chi connectivity index (χ4n) is 8.12. The molecule has 6 atom stereocenters. The van der Waals surface area contributed by atoms with E-state index in [1.165, 1.54) is 24.3 Å². The summed E-state index contributed by atoms with van der Waals surface area (Å²) in [6, 6.07) is 11.9. The Morgan fingerprint density at radius 3 is 2.16 bits per heavy atom. The van der Waals surface area contributed by atoms with Gasteiger partial charge >= 0.3 is 11.9 Å². The van der Waals surface area contributed by atoms with Crippen LogP contribution in [-0.4, -0.2) is 139 Å². The maximum absolute atomic E-state index is 14.8. The average Bonchev–Trinajstić information content (AvgIpc) is 4.08. The lowest BCUT2D eigenvalue weighted by Crippen LogP contribution is -2.68. The highest BCUT2D eigenvalue weighted by atomic mass is 33.1. The number of hydrogen-bond acceptors (Lipinski definition) is 12. The van der Waals surface area contributed by atoms with Crippen LogP contribution in [0.15, 0.2) is 90.4 Å². The van der Waals surface area contributed by atoms with Crippen molar-refractivity contribution in [1.82, 2.24) is 51.3 Å². The lowest BCUT2D eigenvalue weighted by Gasteiger charge is -2.28. The van der Waals surface area contributed by atoms with Crippen molar-refractivity contribution in [2.75, 3.05) is 24.7 Å². The van der Waals surface area contributed by atoms with Gasteiger partial charge in [-0.05, 0) is 47.7 Å². The molecule has 22 nitrogen and oxygen atoms in total. The summed E-state index contributed by atoms with van der Waals surface area (Å²) >= 11 is 0. The summed E-state index contributed by atoms with van der Waals surface area (Å²) in [5.74, 6) is -5.39. The number of para-hydroxylation sites is 1. The topological polar surface area (TPSA) is 340 Å². The fourth-order valence-corrected chi connectivity index (χ4v) is 10.3. The molecule has 0 saturated carbocycles. The minimum Gasteiger partial charge on any atom is -0.370 e. The van der Waals surface area contributed by atoms with E-state index in [0.29, 0.717) is 16.8 Å². The number of nitrogens with one attached hydrogen (secondary N) is 7. The second-order valence-corrected chi connectivity index (χ2v) is 19.4. The van der Waals surface area contributed by atoms with Gasteiger partial charge in [0.15, 0.2) is 12.0 Å². The van der Waals surface area contributed by atoms with E-state index >= 15 is 0 Å². The summed E-state index contributed by atoms with van der Waals surface area (Å²) in [4.78, 5) is 128. The summed E-state index contributed by atoms with van der Waals surface area (Å²) < 4.78 is 0. The van der Waals surface area contributed by atoms with Crippen LogP contribution in [0.3, 0.4) is 0 Å². The molecule has 2 aromatic heterocycles. The highest BCUT2D eigenvalue weighted by molar-refractivity contribution is 8.76. The fraction of sp³-hybridized carbons (Fsp3) is 0.348. The molecule has 6 unspecified atom stereocenters. The Bertz CT molecular complexity index is 2780. The van der Waals surface area contributed by atoms with Gasteiger partial charge in [0.1, 0.15) is 36.8 Å². The van der Waals surface area contributed by atoms with Crippen molar-refractivity contribution in [3.05, 3.63) is 102 Å². The van der Waals surface area contributed by atoms with Gasteiger partial charge in [0.2, 0.25) is 29.5 Å². The summed E-state index contributed by atoms with van der Waals surface area (Å²) in [7, 11) is 2.27. The highest BCUT2D eigenvalue weighted by Gasteiger charge is 2.42. The minimum absolute atomic E-state index is 0.00812. The van der Waals surface area contributed by atoms with Crippen LogP contribution in [0.2, 0.25) is 0 Å². The third kappa shape index (κ3) is 12.8. The number of aromatic nitrogens is 3. The molecule has 368 valence electrons. The Balaban J connectivity index is 1.26. The van der Waals surface area contributed by atoms with Crippen LogP contribution in [0.5, 0.6) is 0 Å². The van der Waals surface area contributed by atoms with Gasteiger partial charge in [-0.25, -0.2) is 14.6 Å². The van der Waals surface area contributed by atoms with Crippen molar-refractivity contribution in [1.29, 1.82) is 0 Å². The Labute approximate surface area is 409 Å². The van der Waals surface area contributed by atoms with E-state index < -0.39 is 83.6 Å². The van der Waals surface area contributed by atoms with Gasteiger partial charge in [-0.15, -0.1) is 0 Å². The number of benzene rings is 3. The second-order valence-electron chi connectivity index (χ2n) is 16.9. The van der Waals surface area contributed by atoms with E-state index in [-0.39, 0.29) is 62.8 Å². The first-order valence-electron chi connectivity index (χ1n) is 22.4. The van der Waals surface area contributed by atoms with Gasteiger partial charge in [-0.3, -0.25) is 44.4 Å². The molecule has 2 saturated heterocycles. The van der Waals surface area contributed by atoms with Crippen molar-refractivity contribution in [2.24, 2.45) is 16.5 Å². The average molecular weight is 996 g/mol. The summed E-state index contributed by atoms with van der Waals surface area (Å²) in [6.45, 7) is 1.10. The van der Waals surface area contributed by atoms with Crippen molar-refractivity contribution < 1.29 is 44.1 Å². The molecule has 70 heavy (non-hydrogen) atoms. The Morgan fingerprint density at radius 1 is 0.771 bits per heavy atom. The number of carbonyl (C=O) groups excluding carboxylic acids is 8. The Hall–Kier alpha value is -7.44. The standard InChI is InChI=1S/C46H54N14O8S2/c1-25-40(63)55-36(18-30-20-50-23-53-30)44(67)56-34(16-26-12-13-27-7-2-3-8-28(27)15-26)42(65)54-33(11-6-14-51-45(48)49)41(64)57-35(17-29-19-52-32-10-5-4-9-31(29)32)43(66)58-37(39(47)62)22-69-70-24-59-21-38(61)60(25)46(59)68/h2-5,7-10,12-13,15,19-20,23,25,33-37,52H,6,11,14,16-18,21-22,24H2,1H3,(H2,47,62)(H,50,53)(H,54,65)(H,55,63)(H,56,67)(H,57,64)(H,58,66)(H4,48,49,51)/p+1. The molecule has 3 aromatic carbocycles. The number of aliphatic imine (C=N–C) groups is 1. The van der Waals surface area contributed by atoms with E-state index in [4.69, 9.17) is 11.5 Å². The van der Waals surface area contributed by atoms with Gasteiger partial charge in [-0.1, -0.05) is 82.3 Å². The van der Waals surface area contributed by atoms with E-state index in [9.17, 15) is 38.4 Å². The monoisotopic (exact) mass is 995 g/mol. The number of hydrogen-bond donors (Lipinski definition) is 10. The van der Waals surface area contributed by atoms with Gasteiger partial charge in [0.05, 0.1) is 12.2 Å². The third-order valence-corrected chi connectivity index (χ3v) is 14.2. The molecule has 0 aliphatic carbocycles. The number of urea groups is 1. The molecule has 2 bridgehead atoms. The number of H-pyrrole nitrogens is 2.